The zero-order valence-electron chi connectivity index (χ0n) is 9.46. The van der Waals surface area contributed by atoms with Gasteiger partial charge in [-0.25, -0.2) is 0 Å². The lowest BCUT2D eigenvalue weighted by Crippen LogP contribution is -2.38. The van der Waals surface area contributed by atoms with Crippen molar-refractivity contribution >= 4 is 16.8 Å². The van der Waals surface area contributed by atoms with Crippen LogP contribution in [0.4, 0.5) is 0 Å². The fraction of sp³-hybridized carbons (Fsp3) is 0.727. The molecule has 82 valence electrons. The lowest BCUT2D eigenvalue weighted by Gasteiger charge is -2.30. The van der Waals surface area contributed by atoms with E-state index in [0.717, 1.165) is 13.0 Å². The molecule has 0 fully saturated rings. The van der Waals surface area contributed by atoms with E-state index in [9.17, 15) is 4.79 Å². The van der Waals surface area contributed by atoms with Gasteiger partial charge in [0.25, 0.3) is 0 Å². The van der Waals surface area contributed by atoms with Gasteiger partial charge in [-0.1, -0.05) is 13.0 Å². The number of nitrogens with zero attached hydrogens (tertiary/aromatic N) is 1. The maximum Gasteiger partial charge on any atom is 0.244 e. The molecule has 0 aromatic rings. The van der Waals surface area contributed by atoms with Gasteiger partial charge < -0.3 is 0 Å². The highest BCUT2D eigenvalue weighted by Crippen LogP contribution is 2.08. The molecule has 0 aliphatic carbocycles. The molecule has 0 amide bonds. The monoisotopic (exact) mass is 217 g/mol. The van der Waals surface area contributed by atoms with Crippen molar-refractivity contribution in [3.05, 3.63) is 12.2 Å². The van der Waals surface area contributed by atoms with Crippen LogP contribution in [0.5, 0.6) is 0 Å². The summed E-state index contributed by atoms with van der Waals surface area (Å²) in [6, 6.07) is 0.988. The highest BCUT2D eigenvalue weighted by Gasteiger charge is 2.13. The van der Waals surface area contributed by atoms with Crippen molar-refractivity contribution in [2.75, 3.05) is 6.54 Å². The second-order valence-electron chi connectivity index (χ2n) is 3.72. The van der Waals surface area contributed by atoms with Crippen molar-refractivity contribution in [2.24, 2.45) is 0 Å². The quantitative estimate of drug-likeness (QED) is 0.504. The van der Waals surface area contributed by atoms with Gasteiger partial charge in [0.1, 0.15) is 0 Å². The number of carbonyl (C=O) groups is 1. The Balaban J connectivity index is 4.04. The van der Waals surface area contributed by atoms with Crippen molar-refractivity contribution in [3.63, 3.8) is 0 Å². The number of allylic oxidation sites excluding steroid dienone is 1. The fourth-order valence-corrected chi connectivity index (χ4v) is 1.77. The summed E-state index contributed by atoms with van der Waals surface area (Å²) >= 11 is 5.20. The van der Waals surface area contributed by atoms with Gasteiger partial charge >= 0.3 is 0 Å². The highest BCUT2D eigenvalue weighted by molar-refractivity contribution is 6.66. The minimum Gasteiger partial charge on any atom is -0.298 e. The van der Waals surface area contributed by atoms with Crippen LogP contribution in [0.3, 0.4) is 0 Å². The van der Waals surface area contributed by atoms with E-state index < -0.39 is 5.24 Å². The summed E-state index contributed by atoms with van der Waals surface area (Å²) < 4.78 is 0. The molecule has 0 radical (unpaired) electrons. The summed E-state index contributed by atoms with van der Waals surface area (Å²) in [5.74, 6) is 0. The standard InChI is InChI=1S/C11H20ClNO/c1-5-13(9(2)3)10(4)7-6-8-11(12)14/h6,8-10H,5,7H2,1-4H3/b8-6-. The summed E-state index contributed by atoms with van der Waals surface area (Å²) in [5.41, 5.74) is 0. The normalized spacial score (nSPS) is 14.2. The Morgan fingerprint density at radius 2 is 2.00 bits per heavy atom. The van der Waals surface area contributed by atoms with Gasteiger partial charge in [-0.2, -0.15) is 0 Å². The van der Waals surface area contributed by atoms with Crippen molar-refractivity contribution < 1.29 is 4.79 Å². The van der Waals surface area contributed by atoms with Crippen LogP contribution in [0.1, 0.15) is 34.1 Å². The molecule has 0 aliphatic heterocycles. The second-order valence-corrected chi connectivity index (χ2v) is 4.09. The molecule has 0 bridgehead atoms. The first-order valence-corrected chi connectivity index (χ1v) is 5.48. The molecule has 0 saturated carbocycles. The summed E-state index contributed by atoms with van der Waals surface area (Å²) in [4.78, 5) is 12.8. The van der Waals surface area contributed by atoms with Crippen LogP contribution in [0, 0.1) is 0 Å². The maximum absolute atomic E-state index is 10.5. The van der Waals surface area contributed by atoms with E-state index in [1.807, 2.05) is 6.08 Å². The van der Waals surface area contributed by atoms with E-state index in [1.165, 1.54) is 6.08 Å². The molecule has 3 heteroatoms. The molecule has 0 saturated heterocycles. The largest absolute Gasteiger partial charge is 0.298 e. The minimum absolute atomic E-state index is 0.398. The third-order valence-electron chi connectivity index (χ3n) is 2.32. The minimum atomic E-state index is -0.398. The third-order valence-corrected chi connectivity index (χ3v) is 2.45. The number of carbonyl (C=O) groups excluding carboxylic acids is 1. The molecule has 2 nitrogen and oxygen atoms in total. The van der Waals surface area contributed by atoms with Crippen LogP contribution in [0.2, 0.25) is 0 Å². The van der Waals surface area contributed by atoms with Crippen LogP contribution in [-0.2, 0) is 4.79 Å². The van der Waals surface area contributed by atoms with Gasteiger partial charge in [-0.05, 0) is 51.4 Å². The van der Waals surface area contributed by atoms with Gasteiger partial charge in [0.15, 0.2) is 0 Å². The SMILES string of the molecule is CCN(C(C)C)C(C)C/C=C\C(=O)Cl. The predicted octanol–water partition coefficient (Wildman–Crippen LogP) is 2.82. The van der Waals surface area contributed by atoms with Crippen LogP contribution < -0.4 is 0 Å². The Kier molecular flexibility index (Phi) is 6.85. The maximum atomic E-state index is 10.5. The summed E-state index contributed by atoms with van der Waals surface area (Å²) in [6.45, 7) is 9.69. The molecule has 14 heavy (non-hydrogen) atoms. The molecule has 1 unspecified atom stereocenters. The Bertz CT molecular complexity index is 201. The first kappa shape index (κ1) is 13.7. The molecule has 0 N–H and O–H groups in total. The zero-order chi connectivity index (χ0) is 11.1. The molecule has 0 aliphatic rings. The molecular weight excluding hydrogens is 198 g/mol. The van der Waals surface area contributed by atoms with Crippen molar-refractivity contribution in [2.45, 2.75) is 46.2 Å². The first-order valence-electron chi connectivity index (χ1n) is 5.10. The van der Waals surface area contributed by atoms with Crippen LogP contribution in [0.15, 0.2) is 12.2 Å². The number of hydrogen-bond donors (Lipinski definition) is 0. The van der Waals surface area contributed by atoms with Crippen LogP contribution in [-0.4, -0.2) is 28.8 Å². The topological polar surface area (TPSA) is 20.3 Å². The van der Waals surface area contributed by atoms with Crippen LogP contribution >= 0.6 is 11.6 Å². The van der Waals surface area contributed by atoms with E-state index in [0.29, 0.717) is 12.1 Å². The summed E-state index contributed by atoms with van der Waals surface area (Å²) in [5, 5.41) is -0.398. The van der Waals surface area contributed by atoms with E-state index in [-0.39, 0.29) is 0 Å². The summed E-state index contributed by atoms with van der Waals surface area (Å²) in [6.07, 6.45) is 4.13. The lowest BCUT2D eigenvalue weighted by molar-refractivity contribution is -0.107. The Labute approximate surface area is 91.9 Å². The number of halogens is 1. The van der Waals surface area contributed by atoms with Gasteiger partial charge in [0.05, 0.1) is 0 Å². The van der Waals surface area contributed by atoms with Crippen molar-refractivity contribution in [1.82, 2.24) is 4.90 Å². The number of rotatable bonds is 6. The van der Waals surface area contributed by atoms with Crippen molar-refractivity contribution in [3.8, 4) is 0 Å². The predicted molar refractivity (Wildman–Crippen MR) is 61.6 cm³/mol. The van der Waals surface area contributed by atoms with Gasteiger partial charge in [-0.3, -0.25) is 9.69 Å². The zero-order valence-corrected chi connectivity index (χ0v) is 10.2. The van der Waals surface area contributed by atoms with Gasteiger partial charge in [0.2, 0.25) is 5.24 Å². The van der Waals surface area contributed by atoms with E-state index in [2.05, 4.69) is 32.6 Å². The summed E-state index contributed by atoms with van der Waals surface area (Å²) in [7, 11) is 0. The third kappa shape index (κ3) is 5.40. The number of hydrogen-bond acceptors (Lipinski definition) is 2. The Hall–Kier alpha value is -0.340. The van der Waals surface area contributed by atoms with Gasteiger partial charge in [-0.15, -0.1) is 0 Å². The second kappa shape index (κ2) is 7.02. The molecule has 1 atom stereocenters. The smallest absolute Gasteiger partial charge is 0.244 e. The molecule has 0 aromatic carbocycles. The molecule has 0 rings (SSSR count). The highest BCUT2D eigenvalue weighted by atomic mass is 35.5. The Morgan fingerprint density at radius 3 is 2.36 bits per heavy atom. The Morgan fingerprint density at radius 1 is 1.43 bits per heavy atom. The van der Waals surface area contributed by atoms with E-state index in [4.69, 9.17) is 11.6 Å². The first-order chi connectivity index (χ1) is 6.49. The van der Waals surface area contributed by atoms with Gasteiger partial charge in [0, 0.05) is 12.1 Å². The fourth-order valence-electron chi connectivity index (χ4n) is 1.68. The molecule has 0 spiro atoms. The van der Waals surface area contributed by atoms with E-state index in [1.54, 1.807) is 0 Å². The molecule has 0 heterocycles. The molecular formula is C11H20ClNO. The average molecular weight is 218 g/mol. The lowest BCUT2D eigenvalue weighted by atomic mass is 10.1. The van der Waals surface area contributed by atoms with E-state index >= 15 is 0 Å². The van der Waals surface area contributed by atoms with Crippen LogP contribution in [0.25, 0.3) is 0 Å². The molecule has 0 aromatic heterocycles. The van der Waals surface area contributed by atoms with Crippen molar-refractivity contribution in [1.29, 1.82) is 0 Å². The average Bonchev–Trinajstić information content (AvgIpc) is 2.03.